The maximum Gasteiger partial charge on any atom is 0.228 e. The van der Waals surface area contributed by atoms with Gasteiger partial charge in [0.25, 0.3) is 0 Å². The van der Waals surface area contributed by atoms with Crippen molar-refractivity contribution in [3.63, 3.8) is 0 Å². The van der Waals surface area contributed by atoms with Gasteiger partial charge in [0.15, 0.2) is 0 Å². The summed E-state index contributed by atoms with van der Waals surface area (Å²) in [5, 5.41) is 3.92. The molecule has 1 N–H and O–H groups in total. The Morgan fingerprint density at radius 1 is 1.12 bits per heavy atom. The zero-order chi connectivity index (χ0) is 18.1. The lowest BCUT2D eigenvalue weighted by Crippen LogP contribution is -2.49. The van der Waals surface area contributed by atoms with Crippen LogP contribution in [0.4, 0.5) is 5.69 Å². The molecular weight excluding hydrogens is 352 g/mol. The first-order chi connectivity index (χ1) is 12.6. The van der Waals surface area contributed by atoms with Crippen molar-refractivity contribution in [1.82, 2.24) is 15.1 Å². The van der Waals surface area contributed by atoms with Gasteiger partial charge in [-0.1, -0.05) is 23.7 Å². The minimum Gasteiger partial charge on any atom is -0.341 e. The Hall–Kier alpha value is -1.63. The molecule has 0 spiro atoms. The average molecular weight is 377 g/mol. The molecule has 3 saturated heterocycles. The average Bonchev–Trinajstić information content (AvgIpc) is 3.30. The molecule has 3 fully saturated rings. The number of hydrogen-bond donors (Lipinski definition) is 1. The van der Waals surface area contributed by atoms with Crippen LogP contribution in [0.25, 0.3) is 0 Å². The summed E-state index contributed by atoms with van der Waals surface area (Å²) in [6, 6.07) is 7.77. The van der Waals surface area contributed by atoms with Crippen LogP contribution in [0.1, 0.15) is 12.8 Å². The summed E-state index contributed by atoms with van der Waals surface area (Å²) in [7, 11) is 0. The molecule has 4 rings (SSSR count). The van der Waals surface area contributed by atoms with E-state index in [1.807, 2.05) is 23.1 Å². The first-order valence-electron chi connectivity index (χ1n) is 9.42. The molecule has 1 aromatic carbocycles. The number of halogens is 1. The Morgan fingerprint density at radius 3 is 2.65 bits per heavy atom. The highest BCUT2D eigenvalue weighted by Gasteiger charge is 2.40. The molecule has 2 amide bonds. The van der Waals surface area contributed by atoms with Crippen molar-refractivity contribution in [2.45, 2.75) is 18.9 Å². The number of anilines is 1. The molecule has 0 saturated carbocycles. The Bertz CT molecular complexity index is 692. The van der Waals surface area contributed by atoms with Crippen LogP contribution in [-0.4, -0.2) is 73.5 Å². The predicted molar refractivity (Wildman–Crippen MR) is 101 cm³/mol. The molecule has 7 heteroatoms. The number of likely N-dealkylation sites (tertiary alicyclic amines) is 1. The van der Waals surface area contributed by atoms with Gasteiger partial charge in [-0.05, 0) is 18.6 Å². The molecule has 3 aliphatic heterocycles. The molecule has 3 aliphatic rings. The maximum atomic E-state index is 13.0. The molecule has 0 aromatic heterocycles. The van der Waals surface area contributed by atoms with E-state index in [2.05, 4.69) is 10.2 Å². The number of nitrogens with zero attached hydrogens (tertiary/aromatic N) is 3. The fourth-order valence-electron chi connectivity index (χ4n) is 4.32. The summed E-state index contributed by atoms with van der Waals surface area (Å²) in [6.45, 7) is 6.16. The quantitative estimate of drug-likeness (QED) is 0.861. The van der Waals surface area contributed by atoms with E-state index in [9.17, 15) is 9.59 Å². The van der Waals surface area contributed by atoms with Crippen molar-refractivity contribution < 1.29 is 9.59 Å². The fraction of sp³-hybridized carbons (Fsp3) is 0.579. The lowest BCUT2D eigenvalue weighted by molar-refractivity contribution is -0.135. The normalized spacial score (nSPS) is 27.3. The Morgan fingerprint density at radius 2 is 1.88 bits per heavy atom. The summed E-state index contributed by atoms with van der Waals surface area (Å²) in [4.78, 5) is 31.5. The van der Waals surface area contributed by atoms with Gasteiger partial charge >= 0.3 is 0 Å². The van der Waals surface area contributed by atoms with Gasteiger partial charge in [0, 0.05) is 58.3 Å². The Kier molecular flexibility index (Phi) is 5.16. The molecule has 2 atom stereocenters. The molecule has 6 nitrogen and oxygen atoms in total. The van der Waals surface area contributed by atoms with Gasteiger partial charge in [-0.3, -0.25) is 14.5 Å². The molecule has 3 heterocycles. The van der Waals surface area contributed by atoms with Crippen LogP contribution in [0.15, 0.2) is 24.3 Å². The Balaban J connectivity index is 1.38. The summed E-state index contributed by atoms with van der Waals surface area (Å²) < 4.78 is 0. The second-order valence-electron chi connectivity index (χ2n) is 7.37. The van der Waals surface area contributed by atoms with Gasteiger partial charge in [-0.25, -0.2) is 0 Å². The summed E-state index contributed by atoms with van der Waals surface area (Å²) in [5.41, 5.74) is 0.703. The third-order valence-electron chi connectivity index (χ3n) is 5.76. The second-order valence-corrected chi connectivity index (χ2v) is 7.78. The number of para-hydroxylation sites is 1. The van der Waals surface area contributed by atoms with Crippen molar-refractivity contribution in [3.05, 3.63) is 29.3 Å². The van der Waals surface area contributed by atoms with Gasteiger partial charge in [-0.2, -0.15) is 0 Å². The molecule has 1 aromatic rings. The van der Waals surface area contributed by atoms with Crippen LogP contribution in [0, 0.1) is 5.92 Å². The molecular formula is C19H25ClN4O2. The number of carbonyl (C=O) groups is 2. The lowest BCUT2D eigenvalue weighted by atomic mass is 10.1. The van der Waals surface area contributed by atoms with E-state index in [0.29, 0.717) is 23.3 Å². The summed E-state index contributed by atoms with van der Waals surface area (Å²) in [6.07, 6.45) is 1.31. The third-order valence-corrected chi connectivity index (χ3v) is 6.08. The highest BCUT2D eigenvalue weighted by Crippen LogP contribution is 2.32. The van der Waals surface area contributed by atoms with E-state index in [1.54, 1.807) is 11.0 Å². The van der Waals surface area contributed by atoms with E-state index >= 15 is 0 Å². The SMILES string of the molecule is O=C(C1CC(=O)N(c2ccccc2Cl)C1)N1CCC(N2CCNCC2)C1. The maximum absolute atomic E-state index is 13.0. The zero-order valence-corrected chi connectivity index (χ0v) is 15.6. The van der Waals surface area contributed by atoms with E-state index in [1.165, 1.54) is 0 Å². The van der Waals surface area contributed by atoms with Crippen molar-refractivity contribution >= 4 is 29.1 Å². The number of benzene rings is 1. The van der Waals surface area contributed by atoms with Crippen molar-refractivity contribution in [1.29, 1.82) is 0 Å². The third kappa shape index (κ3) is 3.46. The van der Waals surface area contributed by atoms with Gasteiger partial charge in [0.05, 0.1) is 16.6 Å². The van der Waals surface area contributed by atoms with Crippen molar-refractivity contribution in [3.8, 4) is 0 Å². The van der Waals surface area contributed by atoms with Gasteiger partial charge in [-0.15, -0.1) is 0 Å². The topological polar surface area (TPSA) is 55.9 Å². The monoisotopic (exact) mass is 376 g/mol. The first kappa shape index (κ1) is 17.8. The highest BCUT2D eigenvalue weighted by atomic mass is 35.5. The standard InChI is InChI=1S/C19H25ClN4O2/c20-16-3-1-2-4-17(16)24-12-14(11-18(24)25)19(26)23-8-5-15(13-23)22-9-6-21-7-10-22/h1-4,14-15,21H,5-13H2. The summed E-state index contributed by atoms with van der Waals surface area (Å²) in [5.74, 6) is -0.166. The lowest BCUT2D eigenvalue weighted by Gasteiger charge is -2.32. The minimum absolute atomic E-state index is 0.0192. The van der Waals surface area contributed by atoms with Crippen LogP contribution in [0.3, 0.4) is 0 Å². The van der Waals surface area contributed by atoms with Crippen LogP contribution < -0.4 is 10.2 Å². The minimum atomic E-state index is -0.263. The number of rotatable bonds is 3. The first-order valence-corrected chi connectivity index (χ1v) is 9.80. The summed E-state index contributed by atoms with van der Waals surface area (Å²) >= 11 is 6.23. The van der Waals surface area contributed by atoms with Gasteiger partial charge < -0.3 is 15.1 Å². The van der Waals surface area contributed by atoms with Gasteiger partial charge in [0.2, 0.25) is 11.8 Å². The molecule has 140 valence electrons. The van der Waals surface area contributed by atoms with Crippen molar-refractivity contribution in [2.24, 2.45) is 5.92 Å². The van der Waals surface area contributed by atoms with E-state index in [4.69, 9.17) is 11.6 Å². The van der Waals surface area contributed by atoms with E-state index in [0.717, 1.165) is 45.7 Å². The number of hydrogen-bond acceptors (Lipinski definition) is 4. The predicted octanol–water partition coefficient (Wildman–Crippen LogP) is 1.20. The highest BCUT2D eigenvalue weighted by molar-refractivity contribution is 6.33. The number of amides is 2. The molecule has 0 aliphatic carbocycles. The van der Waals surface area contributed by atoms with E-state index in [-0.39, 0.29) is 24.2 Å². The number of carbonyl (C=O) groups excluding carboxylic acids is 2. The van der Waals surface area contributed by atoms with Crippen LogP contribution in [0.5, 0.6) is 0 Å². The second kappa shape index (κ2) is 7.55. The van der Waals surface area contributed by atoms with Gasteiger partial charge in [0.1, 0.15) is 0 Å². The van der Waals surface area contributed by atoms with Crippen LogP contribution in [0.2, 0.25) is 5.02 Å². The molecule has 0 bridgehead atoms. The van der Waals surface area contributed by atoms with Crippen molar-refractivity contribution in [2.75, 3.05) is 50.7 Å². The fourth-order valence-corrected chi connectivity index (χ4v) is 4.56. The Labute approximate surface area is 159 Å². The molecule has 0 radical (unpaired) electrons. The van der Waals surface area contributed by atoms with Crippen LogP contribution >= 0.6 is 11.6 Å². The largest absolute Gasteiger partial charge is 0.341 e. The van der Waals surface area contributed by atoms with Crippen LogP contribution in [-0.2, 0) is 9.59 Å². The number of nitrogens with one attached hydrogen (secondary N) is 1. The zero-order valence-electron chi connectivity index (χ0n) is 14.9. The number of piperazine rings is 1. The smallest absolute Gasteiger partial charge is 0.228 e. The molecule has 26 heavy (non-hydrogen) atoms. The molecule has 2 unspecified atom stereocenters. The van der Waals surface area contributed by atoms with E-state index < -0.39 is 0 Å².